The van der Waals surface area contributed by atoms with E-state index in [1.807, 2.05) is 0 Å². The molecule has 38 heavy (non-hydrogen) atoms. The number of fused-ring (bicyclic) bond motifs is 6. The molecule has 1 atom stereocenters. The van der Waals surface area contributed by atoms with Gasteiger partial charge in [0.15, 0.2) is 0 Å². The highest BCUT2D eigenvalue weighted by Crippen LogP contribution is 2.49. The van der Waals surface area contributed by atoms with Crippen molar-refractivity contribution in [3.63, 3.8) is 0 Å². The van der Waals surface area contributed by atoms with Crippen molar-refractivity contribution in [2.75, 3.05) is 11.5 Å². The Kier molecular flexibility index (Phi) is 4.81. The van der Waals surface area contributed by atoms with Crippen LogP contribution in [-0.4, -0.2) is 11.2 Å². The van der Waals surface area contributed by atoms with Crippen LogP contribution in [0.1, 0.15) is 43.0 Å². The molecule has 0 saturated carbocycles. The molecule has 2 aliphatic carbocycles. The minimum absolute atomic E-state index is 0.528. The van der Waals surface area contributed by atoms with E-state index in [0.29, 0.717) is 5.92 Å². The monoisotopic (exact) mass is 494 g/mol. The third kappa shape index (κ3) is 3.14. The first-order valence-corrected chi connectivity index (χ1v) is 13.8. The molecule has 4 aromatic rings. The second kappa shape index (κ2) is 8.39. The van der Waals surface area contributed by atoms with Gasteiger partial charge in [-0.3, -0.25) is 0 Å². The predicted molar refractivity (Wildman–Crippen MR) is 157 cm³/mol. The number of para-hydroxylation sites is 2. The Morgan fingerprint density at radius 2 is 1.74 bits per heavy atom. The lowest BCUT2D eigenvalue weighted by Crippen LogP contribution is -2.17. The molecule has 1 unspecified atom stereocenters. The Labute approximate surface area is 223 Å². The van der Waals surface area contributed by atoms with Gasteiger partial charge in [-0.2, -0.15) is 0 Å². The summed E-state index contributed by atoms with van der Waals surface area (Å²) in [7, 11) is 0. The number of hydrogen-bond acceptors (Lipinski definition) is 2. The minimum Gasteiger partial charge on any atom is -0.491 e. The van der Waals surface area contributed by atoms with E-state index >= 15 is 0 Å². The number of rotatable bonds is 2. The zero-order valence-corrected chi connectivity index (χ0v) is 21.7. The molecule has 0 bridgehead atoms. The van der Waals surface area contributed by atoms with E-state index in [1.165, 1.54) is 61.6 Å². The van der Waals surface area contributed by atoms with Gasteiger partial charge in [-0.25, -0.2) is 0 Å². The van der Waals surface area contributed by atoms with E-state index in [2.05, 4.69) is 113 Å². The molecule has 186 valence electrons. The van der Waals surface area contributed by atoms with Crippen LogP contribution >= 0.6 is 0 Å². The third-order valence-corrected chi connectivity index (χ3v) is 8.47. The van der Waals surface area contributed by atoms with Gasteiger partial charge in [-0.15, -0.1) is 0 Å². The maximum Gasteiger partial charge on any atom is 0.143 e. The number of ether oxygens (including phenoxy) is 1. The Balaban J connectivity index is 1.38. The predicted octanol–water partition coefficient (Wildman–Crippen LogP) is 8.72. The molecule has 4 aliphatic rings. The van der Waals surface area contributed by atoms with E-state index < -0.39 is 0 Å². The maximum absolute atomic E-state index is 6.38. The fraction of sp³-hybridized carbons (Fsp3) is 0.200. The van der Waals surface area contributed by atoms with Crippen molar-refractivity contribution in [3.8, 4) is 5.69 Å². The molecule has 3 nitrogen and oxygen atoms in total. The van der Waals surface area contributed by atoms with Crippen molar-refractivity contribution >= 4 is 33.9 Å². The Hall–Kier alpha value is -4.24. The van der Waals surface area contributed by atoms with Crippen molar-refractivity contribution in [2.45, 2.75) is 32.6 Å². The van der Waals surface area contributed by atoms with Gasteiger partial charge in [0.05, 0.1) is 23.5 Å². The fourth-order valence-corrected chi connectivity index (χ4v) is 6.80. The van der Waals surface area contributed by atoms with Crippen LogP contribution in [-0.2, 0) is 11.2 Å². The maximum atomic E-state index is 6.38. The van der Waals surface area contributed by atoms with Crippen LogP contribution in [0.4, 0.5) is 11.4 Å². The molecule has 0 radical (unpaired) electrons. The first kappa shape index (κ1) is 21.8. The van der Waals surface area contributed by atoms with Gasteiger partial charge in [0.1, 0.15) is 5.76 Å². The molecule has 0 spiro atoms. The van der Waals surface area contributed by atoms with E-state index in [9.17, 15) is 0 Å². The number of anilines is 2. The summed E-state index contributed by atoms with van der Waals surface area (Å²) in [6, 6.07) is 26.7. The zero-order chi connectivity index (χ0) is 25.2. The van der Waals surface area contributed by atoms with Gasteiger partial charge in [0.2, 0.25) is 0 Å². The van der Waals surface area contributed by atoms with Crippen LogP contribution in [0, 0.1) is 5.92 Å². The SMILES string of the molecule is CC1C=Cc2c(c3cc(N4C5=C(OCC5)C5=C(C=CCC5)c5ccccc54)ccc3n2-c2ccccc2)C1. The number of allylic oxidation sites excluding steroid dienone is 5. The molecule has 3 aromatic carbocycles. The van der Waals surface area contributed by atoms with Gasteiger partial charge in [0.25, 0.3) is 0 Å². The lowest BCUT2D eigenvalue weighted by atomic mass is 9.91. The summed E-state index contributed by atoms with van der Waals surface area (Å²) >= 11 is 0. The summed E-state index contributed by atoms with van der Waals surface area (Å²) in [5.41, 5.74) is 12.9. The van der Waals surface area contributed by atoms with Crippen LogP contribution in [0.25, 0.3) is 28.2 Å². The molecule has 3 heteroatoms. The summed E-state index contributed by atoms with van der Waals surface area (Å²) in [5, 5.41) is 1.35. The normalized spacial score (nSPS) is 19.7. The molecule has 1 aromatic heterocycles. The summed E-state index contributed by atoms with van der Waals surface area (Å²) in [4.78, 5) is 2.48. The van der Waals surface area contributed by atoms with Crippen LogP contribution in [0.2, 0.25) is 0 Å². The number of hydrogen-bond donors (Lipinski definition) is 0. The minimum atomic E-state index is 0.528. The molecular formula is C35H30N2O. The van der Waals surface area contributed by atoms with Crippen molar-refractivity contribution in [2.24, 2.45) is 5.92 Å². The highest BCUT2D eigenvalue weighted by Gasteiger charge is 2.34. The molecule has 0 saturated heterocycles. The number of aromatic nitrogens is 1. The fourth-order valence-electron chi connectivity index (χ4n) is 6.80. The van der Waals surface area contributed by atoms with Gasteiger partial charge in [-0.1, -0.05) is 61.5 Å². The van der Waals surface area contributed by atoms with Crippen LogP contribution in [0.3, 0.4) is 0 Å². The van der Waals surface area contributed by atoms with Crippen LogP contribution < -0.4 is 4.90 Å². The zero-order valence-electron chi connectivity index (χ0n) is 21.7. The van der Waals surface area contributed by atoms with Crippen molar-refractivity contribution < 1.29 is 4.74 Å². The quantitative estimate of drug-likeness (QED) is 0.277. The van der Waals surface area contributed by atoms with Gasteiger partial charge in [0, 0.05) is 40.0 Å². The molecule has 3 heterocycles. The second-order valence-corrected chi connectivity index (χ2v) is 10.8. The average Bonchev–Trinajstić information content (AvgIpc) is 3.54. The van der Waals surface area contributed by atoms with Crippen LogP contribution in [0.5, 0.6) is 0 Å². The lowest BCUT2D eigenvalue weighted by Gasteiger charge is -2.27. The summed E-state index contributed by atoms with van der Waals surface area (Å²) in [6.07, 6.45) is 13.4. The van der Waals surface area contributed by atoms with E-state index in [1.54, 1.807) is 0 Å². The molecule has 0 amide bonds. The summed E-state index contributed by atoms with van der Waals surface area (Å²) < 4.78 is 8.81. The highest BCUT2D eigenvalue weighted by molar-refractivity contribution is 5.96. The average molecular weight is 495 g/mol. The van der Waals surface area contributed by atoms with Crippen LogP contribution in [0.15, 0.2) is 108 Å². The largest absolute Gasteiger partial charge is 0.491 e. The van der Waals surface area contributed by atoms with Crippen molar-refractivity contribution in [1.29, 1.82) is 0 Å². The van der Waals surface area contributed by atoms with E-state index in [0.717, 1.165) is 38.0 Å². The molecule has 2 aliphatic heterocycles. The second-order valence-electron chi connectivity index (χ2n) is 10.8. The topological polar surface area (TPSA) is 17.4 Å². The first-order valence-electron chi connectivity index (χ1n) is 13.8. The Morgan fingerprint density at radius 3 is 2.66 bits per heavy atom. The lowest BCUT2D eigenvalue weighted by molar-refractivity contribution is 0.251. The molecular weight excluding hydrogens is 464 g/mol. The first-order chi connectivity index (χ1) is 18.8. The Morgan fingerprint density at radius 1 is 0.868 bits per heavy atom. The summed E-state index contributed by atoms with van der Waals surface area (Å²) in [5.74, 6) is 1.63. The highest BCUT2D eigenvalue weighted by atomic mass is 16.5. The summed E-state index contributed by atoms with van der Waals surface area (Å²) in [6.45, 7) is 3.06. The number of benzene rings is 3. The van der Waals surface area contributed by atoms with E-state index in [4.69, 9.17) is 4.74 Å². The van der Waals surface area contributed by atoms with Gasteiger partial charge >= 0.3 is 0 Å². The molecule has 0 N–H and O–H groups in total. The smallest absolute Gasteiger partial charge is 0.143 e. The Bertz CT molecular complexity index is 1730. The van der Waals surface area contributed by atoms with Gasteiger partial charge in [-0.05, 0) is 78.8 Å². The van der Waals surface area contributed by atoms with E-state index in [-0.39, 0.29) is 0 Å². The standard InChI is InChI=1S/C35H30N2O/c1-23-15-17-32-29(21-23)30-22-25(16-18-33(30)36(32)24-9-3-2-4-10-24)37-31-14-8-7-12-27(31)26-11-5-6-13-28(26)35-34(37)19-20-38-35/h2-5,7-12,14-18,22-23H,6,13,19-21H2,1H3. The molecule has 8 rings (SSSR count). The van der Waals surface area contributed by atoms with Gasteiger partial charge < -0.3 is 14.2 Å². The third-order valence-electron chi connectivity index (χ3n) is 8.47. The van der Waals surface area contributed by atoms with Crippen molar-refractivity contribution in [1.82, 2.24) is 4.57 Å². The molecule has 0 fully saturated rings. The van der Waals surface area contributed by atoms with Crippen molar-refractivity contribution in [3.05, 3.63) is 125 Å². The number of nitrogens with zero attached hydrogens (tertiary/aromatic N) is 2.